The van der Waals surface area contributed by atoms with Gasteiger partial charge in [0, 0.05) is 0 Å². The molecule has 1 aromatic carbocycles. The Morgan fingerprint density at radius 2 is 1.96 bits per heavy atom. The van der Waals surface area contributed by atoms with Crippen LogP contribution in [0.1, 0.15) is 6.42 Å². The highest BCUT2D eigenvalue weighted by Crippen LogP contribution is 2.40. The number of ether oxygens (including phenoxy) is 1. The Hall–Kier alpha value is 0.650. The molecule has 0 aliphatic heterocycles. The van der Waals surface area contributed by atoms with E-state index in [0.717, 1.165) is 12.7 Å². The summed E-state index contributed by atoms with van der Waals surface area (Å²) in [4.78, 5) is 10.9. The van der Waals surface area contributed by atoms with Gasteiger partial charge in [-0.3, -0.25) is 4.79 Å². The lowest BCUT2D eigenvalue weighted by atomic mass is 9.99. The molecule has 0 saturated heterocycles. The number of phenols is 1. The van der Waals surface area contributed by atoms with Crippen molar-refractivity contribution in [1.29, 1.82) is 0 Å². The second kappa shape index (κ2) is 8.56. The number of benzene rings is 1. The molecule has 2 unspecified atom stereocenters. The minimum Gasteiger partial charge on any atom is -0.506 e. The topological polar surface area (TPSA) is 92.8 Å². The minimum absolute atomic E-state index is 0.000760. The molecule has 1 aliphatic carbocycles. The molecule has 9 heteroatoms. The van der Waals surface area contributed by atoms with E-state index < -0.39 is 15.6 Å². The SMILES string of the molecule is N[C@@H](CC1=CC(I)C(I)(Oc2cc(I)c(O)c(I)c2)C=C1)C(=O)O. The number of rotatable bonds is 5. The first-order valence-corrected chi connectivity index (χ1v) is 11.2. The maximum Gasteiger partial charge on any atom is 0.320 e. The van der Waals surface area contributed by atoms with E-state index in [2.05, 4.69) is 90.4 Å². The summed E-state index contributed by atoms with van der Waals surface area (Å²) in [5.74, 6) is -0.0902. The molecule has 2 rings (SSSR count). The number of nitrogens with two attached hydrogens (primary N) is 1. The summed E-state index contributed by atoms with van der Waals surface area (Å²) in [7, 11) is 0. The number of alkyl halides is 2. The molecule has 4 N–H and O–H groups in total. The number of hydrogen-bond acceptors (Lipinski definition) is 4. The molecule has 1 aromatic rings. The van der Waals surface area contributed by atoms with E-state index in [-0.39, 0.29) is 16.1 Å². The van der Waals surface area contributed by atoms with Gasteiger partial charge in [0.25, 0.3) is 0 Å². The molecular weight excluding hydrogens is 766 g/mol. The van der Waals surface area contributed by atoms with Gasteiger partial charge < -0.3 is 20.7 Å². The Balaban J connectivity index is 2.17. The molecule has 5 nitrogen and oxygen atoms in total. The molecule has 0 saturated carbocycles. The normalized spacial score (nSPS) is 24.4. The Labute approximate surface area is 194 Å². The van der Waals surface area contributed by atoms with E-state index in [4.69, 9.17) is 15.6 Å². The summed E-state index contributed by atoms with van der Waals surface area (Å²) in [5, 5.41) is 18.8. The smallest absolute Gasteiger partial charge is 0.320 e. The van der Waals surface area contributed by atoms with Gasteiger partial charge in [-0.25, -0.2) is 0 Å². The average molecular weight is 779 g/mol. The molecule has 0 fully saturated rings. The molecule has 3 atom stereocenters. The van der Waals surface area contributed by atoms with Crippen molar-refractivity contribution in [2.45, 2.75) is 20.0 Å². The van der Waals surface area contributed by atoms with Crippen molar-refractivity contribution >= 4 is 96.3 Å². The third kappa shape index (κ3) is 5.09. The lowest BCUT2D eigenvalue weighted by molar-refractivity contribution is -0.138. The van der Waals surface area contributed by atoms with Crippen LogP contribution < -0.4 is 10.5 Å². The van der Waals surface area contributed by atoms with Crippen molar-refractivity contribution in [3.63, 3.8) is 0 Å². The fourth-order valence-electron chi connectivity index (χ4n) is 2.02. The lowest BCUT2D eigenvalue weighted by Gasteiger charge is -2.32. The van der Waals surface area contributed by atoms with Crippen molar-refractivity contribution < 1.29 is 19.7 Å². The van der Waals surface area contributed by atoms with E-state index in [1.165, 1.54) is 0 Å². The van der Waals surface area contributed by atoms with Gasteiger partial charge in [-0.15, -0.1) is 0 Å². The lowest BCUT2D eigenvalue weighted by Crippen LogP contribution is -2.38. The molecule has 0 radical (unpaired) electrons. The molecule has 24 heavy (non-hydrogen) atoms. The molecule has 0 amide bonds. The monoisotopic (exact) mass is 779 g/mol. The second-order valence-corrected chi connectivity index (χ2v) is 10.5. The number of aliphatic carboxylic acids is 1. The molecule has 0 bridgehead atoms. The fourth-order valence-corrected chi connectivity index (χ4v) is 5.14. The van der Waals surface area contributed by atoms with E-state index in [1.54, 1.807) is 12.1 Å². The summed E-state index contributed by atoms with van der Waals surface area (Å²) in [6, 6.07) is 2.66. The van der Waals surface area contributed by atoms with Gasteiger partial charge in [-0.05, 0) is 98.0 Å². The van der Waals surface area contributed by atoms with E-state index in [0.29, 0.717) is 5.75 Å². The quantitative estimate of drug-likeness (QED) is 0.308. The zero-order valence-corrected chi connectivity index (χ0v) is 20.7. The molecule has 0 heterocycles. The summed E-state index contributed by atoms with van der Waals surface area (Å²) in [6.45, 7) is 0. The van der Waals surface area contributed by atoms with Gasteiger partial charge in [0.15, 0.2) is 3.61 Å². The van der Waals surface area contributed by atoms with Crippen LogP contribution in [0.2, 0.25) is 0 Å². The van der Waals surface area contributed by atoms with E-state index in [1.807, 2.05) is 18.2 Å². The maximum atomic E-state index is 10.9. The van der Waals surface area contributed by atoms with Crippen molar-refractivity contribution in [2.24, 2.45) is 5.73 Å². The standard InChI is InChI=1S/C15H13I4NO4/c16-9-5-8(6-10(17)13(9)21)24-15(19)2-1-7(4-12(15)18)3-11(20)14(22)23/h1-2,4-6,11-12,21H,3,20H2,(H,22,23)/t11-,12?,15?/m0/s1. The average Bonchev–Trinajstić information content (AvgIpc) is 2.48. The predicted octanol–water partition coefficient (Wildman–Crippen LogP) is 4.21. The van der Waals surface area contributed by atoms with Gasteiger partial charge in [0.2, 0.25) is 0 Å². The van der Waals surface area contributed by atoms with Gasteiger partial charge in [0.1, 0.15) is 17.5 Å². The Morgan fingerprint density at radius 3 is 2.46 bits per heavy atom. The van der Waals surface area contributed by atoms with E-state index in [9.17, 15) is 9.90 Å². The fraction of sp³-hybridized carbons (Fsp3) is 0.267. The largest absolute Gasteiger partial charge is 0.506 e. The zero-order chi connectivity index (χ0) is 18.1. The van der Waals surface area contributed by atoms with Crippen molar-refractivity contribution in [3.05, 3.63) is 43.1 Å². The van der Waals surface area contributed by atoms with Crippen LogP contribution in [0.5, 0.6) is 11.5 Å². The van der Waals surface area contributed by atoms with Gasteiger partial charge in [0.05, 0.1) is 11.1 Å². The van der Waals surface area contributed by atoms with Crippen LogP contribution in [-0.4, -0.2) is 29.8 Å². The molecule has 0 aromatic heterocycles. The van der Waals surface area contributed by atoms with Crippen LogP contribution in [-0.2, 0) is 4.79 Å². The van der Waals surface area contributed by atoms with Gasteiger partial charge in [-0.1, -0.05) is 34.7 Å². The predicted molar refractivity (Wildman–Crippen MR) is 126 cm³/mol. The number of carboxylic acids is 1. The van der Waals surface area contributed by atoms with Crippen LogP contribution in [0.15, 0.2) is 35.9 Å². The summed E-state index contributed by atoms with van der Waals surface area (Å²) < 4.78 is 7.00. The number of allylic oxidation sites excluding steroid dienone is 1. The Kier molecular flexibility index (Phi) is 7.47. The van der Waals surface area contributed by atoms with Crippen molar-refractivity contribution in [2.75, 3.05) is 0 Å². The number of aromatic hydroxyl groups is 1. The van der Waals surface area contributed by atoms with Crippen LogP contribution >= 0.6 is 90.4 Å². The molecular formula is C15H13I4NO4. The number of halogens is 4. The summed E-state index contributed by atoms with van der Waals surface area (Å²) in [5.41, 5.74) is 6.48. The van der Waals surface area contributed by atoms with Crippen LogP contribution in [0.25, 0.3) is 0 Å². The van der Waals surface area contributed by atoms with Crippen LogP contribution in [0, 0.1) is 7.14 Å². The third-order valence-corrected chi connectivity index (χ3v) is 8.67. The first kappa shape index (κ1) is 21.0. The molecule has 1 aliphatic rings. The highest BCUT2D eigenvalue weighted by atomic mass is 127. The number of carboxylic acid groups (broad SMARTS) is 1. The molecule has 130 valence electrons. The maximum absolute atomic E-state index is 10.9. The molecule has 0 spiro atoms. The van der Waals surface area contributed by atoms with Gasteiger partial charge in [-0.2, -0.15) is 0 Å². The zero-order valence-electron chi connectivity index (χ0n) is 12.0. The van der Waals surface area contributed by atoms with Gasteiger partial charge >= 0.3 is 5.97 Å². The Morgan fingerprint density at radius 1 is 1.38 bits per heavy atom. The second-order valence-electron chi connectivity index (χ2n) is 5.16. The number of carbonyl (C=O) groups is 1. The number of phenolic OH excluding ortho intramolecular Hbond substituents is 1. The highest BCUT2D eigenvalue weighted by molar-refractivity contribution is 14.1. The van der Waals surface area contributed by atoms with Crippen LogP contribution in [0.4, 0.5) is 0 Å². The third-order valence-electron chi connectivity index (χ3n) is 3.30. The Bertz CT molecular complexity index is 698. The number of hydrogen-bond donors (Lipinski definition) is 3. The van der Waals surface area contributed by atoms with Crippen molar-refractivity contribution in [3.8, 4) is 11.5 Å². The first-order valence-electron chi connectivity index (χ1n) is 6.70. The highest BCUT2D eigenvalue weighted by Gasteiger charge is 2.36. The minimum atomic E-state index is -1.01. The first-order chi connectivity index (χ1) is 11.1. The summed E-state index contributed by atoms with van der Waals surface area (Å²) >= 11 is 8.62. The van der Waals surface area contributed by atoms with E-state index >= 15 is 0 Å². The summed E-state index contributed by atoms with van der Waals surface area (Å²) in [6.07, 6.45) is 6.04. The van der Waals surface area contributed by atoms with Crippen LogP contribution in [0.3, 0.4) is 0 Å². The van der Waals surface area contributed by atoms with Crippen molar-refractivity contribution in [1.82, 2.24) is 0 Å².